The second-order valence-corrected chi connectivity index (χ2v) is 8.15. The minimum absolute atomic E-state index is 0.0829. The van der Waals surface area contributed by atoms with Gasteiger partial charge in [0, 0.05) is 19.8 Å². The maximum Gasteiger partial charge on any atom is 0.424 e. The van der Waals surface area contributed by atoms with Crippen LogP contribution in [0.1, 0.15) is 33.4 Å². The Morgan fingerprint density at radius 2 is 2.05 bits per heavy atom. The predicted molar refractivity (Wildman–Crippen MR) is 83.6 cm³/mol. The molecule has 1 aromatic rings. The van der Waals surface area contributed by atoms with E-state index in [9.17, 15) is 13.2 Å². The van der Waals surface area contributed by atoms with Gasteiger partial charge in [-0.15, -0.1) is 0 Å². The molecule has 1 amide bonds. The van der Waals surface area contributed by atoms with Gasteiger partial charge < -0.3 is 9.30 Å². The van der Waals surface area contributed by atoms with Crippen LogP contribution >= 0.6 is 15.9 Å². The summed E-state index contributed by atoms with van der Waals surface area (Å²) < 4.78 is 32.6. The molecule has 1 rings (SSSR count). The molecule has 7 nitrogen and oxygen atoms in total. The van der Waals surface area contributed by atoms with Gasteiger partial charge >= 0.3 is 6.09 Å². The van der Waals surface area contributed by atoms with Gasteiger partial charge in [-0.1, -0.05) is 0 Å². The summed E-state index contributed by atoms with van der Waals surface area (Å²) in [6.07, 6.45) is 0.328. The van der Waals surface area contributed by atoms with Crippen molar-refractivity contribution in [2.45, 2.75) is 38.2 Å². The minimum atomic E-state index is -4.13. The molecule has 0 fully saturated rings. The third kappa shape index (κ3) is 3.62. The molecule has 0 saturated carbocycles. The van der Waals surface area contributed by atoms with Crippen LogP contribution in [0.25, 0.3) is 0 Å². The van der Waals surface area contributed by atoms with Crippen molar-refractivity contribution in [3.63, 3.8) is 0 Å². The first-order valence-corrected chi connectivity index (χ1v) is 8.69. The molecule has 0 N–H and O–H groups in total. The summed E-state index contributed by atoms with van der Waals surface area (Å²) in [5.74, 6) is 0. The zero-order valence-electron chi connectivity index (χ0n) is 13.0. The topological polar surface area (TPSA) is 92.4 Å². The Hall–Kier alpha value is -1.53. The maximum atomic E-state index is 12.7. The third-order valence-electron chi connectivity index (χ3n) is 2.65. The SMILES string of the molecule is CCN(C(=O)OC(C)(C)C)S(=O)(=O)c1cn(C)c(C#N)c1Br. The molecule has 0 bridgehead atoms. The van der Waals surface area contributed by atoms with E-state index in [1.165, 1.54) is 17.7 Å². The molecule has 0 saturated heterocycles. The average molecular weight is 392 g/mol. The van der Waals surface area contributed by atoms with Gasteiger partial charge in [0.05, 0.1) is 4.47 Å². The molecule has 9 heteroatoms. The van der Waals surface area contributed by atoms with Crippen molar-refractivity contribution >= 4 is 32.0 Å². The number of hydrogen-bond acceptors (Lipinski definition) is 5. The number of hydrogen-bond donors (Lipinski definition) is 0. The molecule has 1 heterocycles. The molecule has 0 aliphatic carbocycles. The summed E-state index contributed by atoms with van der Waals surface area (Å²) in [7, 11) is -2.58. The van der Waals surface area contributed by atoms with Crippen LogP contribution in [0.2, 0.25) is 0 Å². The molecule has 1 aromatic heterocycles. The van der Waals surface area contributed by atoms with Gasteiger partial charge in [-0.05, 0) is 43.6 Å². The fraction of sp³-hybridized carbons (Fsp3) is 0.538. The number of halogens is 1. The Bertz CT molecular complexity index is 726. The molecule has 22 heavy (non-hydrogen) atoms. The fourth-order valence-corrected chi connectivity index (χ4v) is 4.21. The Labute approximate surface area is 138 Å². The van der Waals surface area contributed by atoms with Crippen LogP contribution in [0.15, 0.2) is 15.6 Å². The lowest BCUT2D eigenvalue weighted by molar-refractivity contribution is 0.0397. The van der Waals surface area contributed by atoms with Crippen LogP contribution in [0.4, 0.5) is 4.79 Å². The van der Waals surface area contributed by atoms with E-state index in [2.05, 4.69) is 15.9 Å². The molecule has 0 aliphatic heterocycles. The van der Waals surface area contributed by atoms with Crippen molar-refractivity contribution in [1.82, 2.24) is 8.87 Å². The lowest BCUT2D eigenvalue weighted by Gasteiger charge is -2.25. The molecule has 0 radical (unpaired) electrons. The normalized spacial score (nSPS) is 11.9. The van der Waals surface area contributed by atoms with E-state index in [4.69, 9.17) is 10.00 Å². The highest BCUT2D eigenvalue weighted by Crippen LogP contribution is 2.30. The standard InChI is InChI=1S/C13H18BrN3O4S/c1-6-17(12(18)21-13(2,3)4)22(19,20)10-8-16(5)9(7-15)11(10)14/h8H,6H2,1-5H3. The van der Waals surface area contributed by atoms with Crippen LogP contribution in [-0.4, -0.2) is 35.5 Å². The van der Waals surface area contributed by atoms with Gasteiger partial charge in [-0.3, -0.25) is 0 Å². The first-order chi connectivity index (χ1) is 9.95. The summed E-state index contributed by atoms with van der Waals surface area (Å²) in [6, 6.07) is 1.90. The zero-order valence-corrected chi connectivity index (χ0v) is 15.4. The molecule has 0 aromatic carbocycles. The van der Waals surface area contributed by atoms with Crippen LogP contribution in [0, 0.1) is 11.3 Å². The summed E-state index contributed by atoms with van der Waals surface area (Å²) in [5.41, 5.74) is -0.662. The number of amides is 1. The lowest BCUT2D eigenvalue weighted by Crippen LogP contribution is -2.40. The Morgan fingerprint density at radius 1 is 1.50 bits per heavy atom. The van der Waals surface area contributed by atoms with Gasteiger partial charge in [0.1, 0.15) is 22.3 Å². The van der Waals surface area contributed by atoms with Crippen LogP contribution < -0.4 is 0 Å². The second-order valence-electron chi connectivity index (χ2n) is 5.53. The van der Waals surface area contributed by atoms with Crippen LogP contribution in [-0.2, 0) is 21.8 Å². The fourth-order valence-electron chi connectivity index (χ4n) is 1.71. The van der Waals surface area contributed by atoms with Crippen molar-refractivity contribution in [2.75, 3.05) is 6.54 Å². The Morgan fingerprint density at radius 3 is 2.41 bits per heavy atom. The Kier molecular flexibility index (Phi) is 5.30. The van der Waals surface area contributed by atoms with E-state index in [1.54, 1.807) is 27.8 Å². The number of aryl methyl sites for hydroxylation is 1. The number of carbonyl (C=O) groups excluding carboxylic acids is 1. The van der Waals surface area contributed by atoms with Gasteiger partial charge in [0.25, 0.3) is 10.0 Å². The van der Waals surface area contributed by atoms with Crippen molar-refractivity contribution in [1.29, 1.82) is 5.26 Å². The predicted octanol–water partition coefficient (Wildman–Crippen LogP) is 2.60. The summed E-state index contributed by atoms with van der Waals surface area (Å²) in [4.78, 5) is 12.0. The van der Waals surface area contributed by atoms with Crippen molar-refractivity contribution in [2.24, 2.45) is 7.05 Å². The van der Waals surface area contributed by atoms with Crippen LogP contribution in [0.5, 0.6) is 0 Å². The van der Waals surface area contributed by atoms with Gasteiger partial charge in [0.15, 0.2) is 0 Å². The molecular weight excluding hydrogens is 374 g/mol. The number of rotatable bonds is 3. The summed E-state index contributed by atoms with van der Waals surface area (Å²) >= 11 is 3.10. The molecule has 0 unspecified atom stereocenters. The molecule has 0 spiro atoms. The Balaban J connectivity index is 3.33. The highest BCUT2D eigenvalue weighted by Gasteiger charge is 2.35. The van der Waals surface area contributed by atoms with Crippen molar-refractivity contribution < 1.29 is 17.9 Å². The molecule has 0 atom stereocenters. The number of nitriles is 1. The number of aromatic nitrogens is 1. The minimum Gasteiger partial charge on any atom is -0.443 e. The van der Waals surface area contributed by atoms with Crippen LogP contribution in [0.3, 0.4) is 0 Å². The summed E-state index contributed by atoms with van der Waals surface area (Å²) in [5, 5.41) is 9.04. The number of carbonyl (C=O) groups is 1. The maximum absolute atomic E-state index is 12.7. The van der Waals surface area contributed by atoms with Crippen molar-refractivity contribution in [3.05, 3.63) is 16.4 Å². The highest BCUT2D eigenvalue weighted by molar-refractivity contribution is 9.10. The largest absolute Gasteiger partial charge is 0.443 e. The molecule has 0 aliphatic rings. The first-order valence-electron chi connectivity index (χ1n) is 6.46. The average Bonchev–Trinajstić information content (AvgIpc) is 2.63. The van der Waals surface area contributed by atoms with E-state index in [0.29, 0.717) is 4.31 Å². The third-order valence-corrected chi connectivity index (χ3v) is 5.56. The first kappa shape index (κ1) is 18.5. The number of ether oxygens (including phenoxy) is 1. The monoisotopic (exact) mass is 391 g/mol. The van der Waals surface area contributed by atoms with Gasteiger partial charge in [-0.25, -0.2) is 17.5 Å². The van der Waals surface area contributed by atoms with Gasteiger partial charge in [-0.2, -0.15) is 5.26 Å². The second kappa shape index (κ2) is 6.30. The number of sulfonamides is 1. The zero-order chi connectivity index (χ0) is 17.3. The van der Waals surface area contributed by atoms with E-state index >= 15 is 0 Å². The van der Waals surface area contributed by atoms with Gasteiger partial charge in [0.2, 0.25) is 0 Å². The quantitative estimate of drug-likeness (QED) is 0.789. The van der Waals surface area contributed by atoms with E-state index in [-0.39, 0.29) is 21.6 Å². The van der Waals surface area contributed by atoms with Crippen molar-refractivity contribution in [3.8, 4) is 6.07 Å². The number of nitrogens with zero attached hydrogens (tertiary/aromatic N) is 3. The smallest absolute Gasteiger partial charge is 0.424 e. The summed E-state index contributed by atoms with van der Waals surface area (Å²) in [6.45, 7) is 6.40. The lowest BCUT2D eigenvalue weighted by atomic mass is 10.2. The van der Waals surface area contributed by atoms with E-state index < -0.39 is 21.7 Å². The van der Waals surface area contributed by atoms with E-state index in [1.807, 2.05) is 6.07 Å². The molecule has 122 valence electrons. The van der Waals surface area contributed by atoms with E-state index in [0.717, 1.165) is 0 Å². The highest BCUT2D eigenvalue weighted by atomic mass is 79.9. The molecular formula is C13H18BrN3O4S.